The third-order valence-electron chi connectivity index (χ3n) is 2.21. The smallest absolute Gasteiger partial charge is 0.151 e. The van der Waals surface area contributed by atoms with Gasteiger partial charge >= 0.3 is 0 Å². The molecule has 0 aliphatic rings. The summed E-state index contributed by atoms with van der Waals surface area (Å²) >= 11 is 2.35. The van der Waals surface area contributed by atoms with E-state index >= 15 is 0 Å². The minimum Gasteiger partial charge on any atom is -0.337 e. The molecule has 76 valence electrons. The fourth-order valence-electron chi connectivity index (χ4n) is 1.43. The van der Waals surface area contributed by atoms with Gasteiger partial charge in [-0.25, -0.2) is 0 Å². The van der Waals surface area contributed by atoms with E-state index in [9.17, 15) is 4.79 Å². The molecular weight excluding hydrogens is 301 g/mol. The summed E-state index contributed by atoms with van der Waals surface area (Å²) in [4.78, 5) is 10.6. The van der Waals surface area contributed by atoms with E-state index in [2.05, 4.69) is 34.7 Å². The minimum atomic E-state index is 0.234. The van der Waals surface area contributed by atoms with Gasteiger partial charge in [-0.2, -0.15) is 0 Å². The molecule has 0 aliphatic heterocycles. The van der Waals surface area contributed by atoms with Gasteiger partial charge in [0.1, 0.15) is 4.05 Å². The zero-order valence-corrected chi connectivity index (χ0v) is 10.2. The zero-order chi connectivity index (χ0) is 10.7. The van der Waals surface area contributed by atoms with Gasteiger partial charge in [-0.05, 0) is 11.6 Å². The van der Waals surface area contributed by atoms with Crippen LogP contribution in [-0.4, -0.2) is 10.9 Å². The van der Waals surface area contributed by atoms with E-state index in [4.69, 9.17) is 0 Å². The van der Waals surface area contributed by atoms with Crippen LogP contribution >= 0.6 is 22.6 Å². The van der Waals surface area contributed by atoms with Crippen molar-refractivity contribution in [2.45, 2.75) is 4.05 Å². The molecule has 0 spiro atoms. The quantitative estimate of drug-likeness (QED) is 0.484. The molecule has 15 heavy (non-hydrogen) atoms. The Kier molecular flexibility index (Phi) is 3.20. The highest BCUT2D eigenvalue weighted by atomic mass is 127. The molecule has 1 atom stereocenters. The second kappa shape index (κ2) is 4.61. The molecule has 0 amide bonds. The lowest BCUT2D eigenvalue weighted by Gasteiger charge is -2.11. The highest BCUT2D eigenvalue weighted by molar-refractivity contribution is 14.1. The van der Waals surface area contributed by atoms with Crippen molar-refractivity contribution >= 4 is 28.9 Å². The van der Waals surface area contributed by atoms with Gasteiger partial charge in [-0.1, -0.05) is 52.9 Å². The van der Waals surface area contributed by atoms with Gasteiger partial charge in [-0.3, -0.25) is 4.79 Å². The molecule has 0 fully saturated rings. The monoisotopic (exact) mass is 311 g/mol. The topological polar surface area (TPSA) is 22.0 Å². The van der Waals surface area contributed by atoms with E-state index in [0.29, 0.717) is 5.56 Å². The van der Waals surface area contributed by atoms with Crippen LogP contribution in [0.3, 0.4) is 0 Å². The Hall–Kier alpha value is -1.10. The molecule has 1 unspecified atom stereocenters. The first-order valence-electron chi connectivity index (χ1n) is 4.63. The molecule has 1 heterocycles. The van der Waals surface area contributed by atoms with Crippen LogP contribution in [-0.2, 0) is 0 Å². The lowest BCUT2D eigenvalue weighted by molar-refractivity contribution is 0.112. The molecular formula is C12H10INO. The first-order valence-corrected chi connectivity index (χ1v) is 5.87. The number of carbonyl (C=O) groups is 1. The first kappa shape index (κ1) is 10.4. The number of hydrogen-bond acceptors (Lipinski definition) is 1. The van der Waals surface area contributed by atoms with Crippen molar-refractivity contribution in [2.24, 2.45) is 0 Å². The van der Waals surface area contributed by atoms with Crippen molar-refractivity contribution in [3.05, 3.63) is 59.9 Å². The maximum atomic E-state index is 10.6. The maximum Gasteiger partial charge on any atom is 0.151 e. The second-order valence-electron chi connectivity index (χ2n) is 3.26. The lowest BCUT2D eigenvalue weighted by Crippen LogP contribution is -2.00. The predicted molar refractivity (Wildman–Crippen MR) is 68.4 cm³/mol. The third-order valence-corrected chi connectivity index (χ3v) is 3.57. The van der Waals surface area contributed by atoms with Crippen molar-refractivity contribution in [1.82, 2.24) is 4.57 Å². The van der Waals surface area contributed by atoms with Crippen molar-refractivity contribution in [2.75, 3.05) is 0 Å². The van der Waals surface area contributed by atoms with Crippen molar-refractivity contribution in [3.63, 3.8) is 0 Å². The number of hydrogen-bond donors (Lipinski definition) is 0. The summed E-state index contributed by atoms with van der Waals surface area (Å²) in [7, 11) is 0. The fourth-order valence-corrected chi connectivity index (χ4v) is 2.19. The standard InChI is InChI=1S/C12H10INO/c13-12(11-4-2-1-3-5-11)14-7-6-10(8-14)9-15/h1-9,12H. The summed E-state index contributed by atoms with van der Waals surface area (Å²) in [6.45, 7) is 0. The summed E-state index contributed by atoms with van der Waals surface area (Å²) in [6, 6.07) is 12.0. The molecule has 3 heteroatoms. The van der Waals surface area contributed by atoms with Gasteiger partial charge in [0.2, 0.25) is 0 Å². The fraction of sp³-hybridized carbons (Fsp3) is 0.0833. The summed E-state index contributed by atoms with van der Waals surface area (Å²) in [5.41, 5.74) is 1.94. The van der Waals surface area contributed by atoms with E-state index in [-0.39, 0.29) is 4.05 Å². The van der Waals surface area contributed by atoms with E-state index in [1.54, 1.807) is 0 Å². The number of rotatable bonds is 3. The molecule has 1 aromatic heterocycles. The SMILES string of the molecule is O=Cc1ccn(C(I)c2ccccc2)c1. The van der Waals surface area contributed by atoms with E-state index < -0.39 is 0 Å². The van der Waals surface area contributed by atoms with Crippen molar-refractivity contribution < 1.29 is 4.79 Å². The highest BCUT2D eigenvalue weighted by Gasteiger charge is 2.08. The number of benzene rings is 1. The number of alkyl halides is 1. The summed E-state index contributed by atoms with van der Waals surface area (Å²) in [5.74, 6) is 0. The molecule has 0 aliphatic carbocycles. The normalized spacial score (nSPS) is 12.3. The molecule has 2 rings (SSSR count). The Morgan fingerprint density at radius 1 is 1.20 bits per heavy atom. The minimum absolute atomic E-state index is 0.234. The Morgan fingerprint density at radius 3 is 2.53 bits per heavy atom. The largest absolute Gasteiger partial charge is 0.337 e. The van der Waals surface area contributed by atoms with E-state index in [1.807, 2.05) is 41.2 Å². The van der Waals surface area contributed by atoms with Gasteiger partial charge in [-0.15, -0.1) is 0 Å². The van der Waals surface area contributed by atoms with Gasteiger partial charge in [0.25, 0.3) is 0 Å². The van der Waals surface area contributed by atoms with Gasteiger partial charge < -0.3 is 4.57 Å². The summed E-state index contributed by atoms with van der Waals surface area (Å²) in [6.07, 6.45) is 4.65. The number of carbonyl (C=O) groups excluding carboxylic acids is 1. The van der Waals surface area contributed by atoms with E-state index in [1.165, 1.54) is 5.56 Å². The Balaban J connectivity index is 2.28. The van der Waals surface area contributed by atoms with E-state index in [0.717, 1.165) is 6.29 Å². The lowest BCUT2D eigenvalue weighted by atomic mass is 10.2. The number of aromatic nitrogens is 1. The first-order chi connectivity index (χ1) is 7.31. The van der Waals surface area contributed by atoms with Crippen LogP contribution in [0, 0.1) is 0 Å². The van der Waals surface area contributed by atoms with Crippen LogP contribution in [0.25, 0.3) is 0 Å². The second-order valence-corrected chi connectivity index (χ2v) is 4.44. The van der Waals surface area contributed by atoms with Crippen molar-refractivity contribution in [1.29, 1.82) is 0 Å². The van der Waals surface area contributed by atoms with Gasteiger partial charge in [0, 0.05) is 18.0 Å². The summed E-state index contributed by atoms with van der Waals surface area (Å²) < 4.78 is 2.26. The highest BCUT2D eigenvalue weighted by Crippen LogP contribution is 2.25. The zero-order valence-electron chi connectivity index (χ0n) is 8.01. The van der Waals surface area contributed by atoms with Gasteiger partial charge in [0.15, 0.2) is 6.29 Å². The Labute approximate surface area is 102 Å². The number of nitrogens with zero attached hydrogens (tertiary/aromatic N) is 1. The van der Waals surface area contributed by atoms with Crippen LogP contribution in [0.4, 0.5) is 0 Å². The molecule has 0 saturated carbocycles. The molecule has 0 N–H and O–H groups in total. The molecule has 0 radical (unpaired) electrons. The van der Waals surface area contributed by atoms with Gasteiger partial charge in [0.05, 0.1) is 0 Å². The molecule has 1 aromatic carbocycles. The molecule has 2 aromatic rings. The van der Waals surface area contributed by atoms with Crippen LogP contribution in [0.1, 0.15) is 20.0 Å². The summed E-state index contributed by atoms with van der Waals surface area (Å²) in [5, 5.41) is 0. The van der Waals surface area contributed by atoms with Crippen LogP contribution in [0.5, 0.6) is 0 Å². The molecule has 0 bridgehead atoms. The predicted octanol–water partition coefficient (Wildman–Crippen LogP) is 3.28. The number of aldehydes is 1. The van der Waals surface area contributed by atoms with Crippen molar-refractivity contribution in [3.8, 4) is 0 Å². The number of halogens is 1. The Bertz CT molecular complexity index is 450. The molecule has 0 saturated heterocycles. The average molecular weight is 311 g/mol. The Morgan fingerprint density at radius 2 is 1.93 bits per heavy atom. The van der Waals surface area contributed by atoms with Crippen LogP contribution < -0.4 is 0 Å². The average Bonchev–Trinajstić information content (AvgIpc) is 2.78. The third kappa shape index (κ3) is 2.28. The maximum absolute atomic E-state index is 10.6. The molecule has 2 nitrogen and oxygen atoms in total. The van der Waals surface area contributed by atoms with Crippen LogP contribution in [0.2, 0.25) is 0 Å². The van der Waals surface area contributed by atoms with Crippen LogP contribution in [0.15, 0.2) is 48.8 Å².